The topological polar surface area (TPSA) is 122 Å². The number of nitrogens with one attached hydrogen (secondary N) is 1. The molecule has 4 aromatic rings. The Kier molecular flexibility index (Phi) is 4.96. The minimum Gasteiger partial charge on any atom is -0.483 e. The first-order valence-electron chi connectivity index (χ1n) is 10.4. The van der Waals surface area contributed by atoms with Crippen LogP contribution in [0.3, 0.4) is 0 Å². The molecule has 4 aromatic heterocycles. The monoisotopic (exact) mass is 433 g/mol. The molecule has 0 saturated carbocycles. The molecule has 1 saturated heterocycles. The average molecular weight is 433 g/mol. The first kappa shape index (κ1) is 20.0. The number of hydrogen-bond acceptors (Lipinski definition) is 6. The number of aryl methyl sites for hydroxylation is 1. The van der Waals surface area contributed by atoms with Crippen LogP contribution in [0, 0.1) is 5.92 Å². The van der Waals surface area contributed by atoms with Crippen molar-refractivity contribution in [1.82, 2.24) is 29.3 Å². The van der Waals surface area contributed by atoms with Gasteiger partial charge in [0.25, 0.3) is 12.0 Å². The van der Waals surface area contributed by atoms with E-state index in [2.05, 4.69) is 37.2 Å². The lowest BCUT2D eigenvalue weighted by atomic mass is 9.82. The van der Waals surface area contributed by atoms with Crippen LogP contribution in [0.2, 0.25) is 0 Å². The normalized spacial score (nSPS) is 19.2. The Morgan fingerprint density at radius 2 is 2.00 bits per heavy atom. The lowest BCUT2D eigenvalue weighted by Gasteiger charge is -2.44. The van der Waals surface area contributed by atoms with Gasteiger partial charge in [0.1, 0.15) is 5.82 Å². The van der Waals surface area contributed by atoms with Gasteiger partial charge in [-0.15, -0.1) is 0 Å². The molecule has 6 heterocycles. The molecule has 0 amide bonds. The van der Waals surface area contributed by atoms with Gasteiger partial charge in [-0.05, 0) is 30.5 Å². The van der Waals surface area contributed by atoms with E-state index in [4.69, 9.17) is 9.90 Å². The number of carbonyl (C=O) groups is 1. The van der Waals surface area contributed by atoms with Gasteiger partial charge in [0.05, 0.1) is 22.8 Å². The molecule has 32 heavy (non-hydrogen) atoms. The lowest BCUT2D eigenvalue weighted by Crippen LogP contribution is -2.47. The fourth-order valence-electron chi connectivity index (χ4n) is 5.05. The maximum atomic E-state index is 13.3. The average Bonchev–Trinajstić information content (AvgIpc) is 3.44. The molecule has 2 aliphatic heterocycles. The van der Waals surface area contributed by atoms with Crippen LogP contribution >= 0.6 is 0 Å². The molecule has 0 aliphatic carbocycles. The number of imidazole rings is 1. The van der Waals surface area contributed by atoms with Crippen LogP contribution in [0.15, 0.2) is 47.8 Å². The van der Waals surface area contributed by atoms with E-state index in [-0.39, 0.29) is 12.0 Å². The molecule has 0 radical (unpaired) electrons. The summed E-state index contributed by atoms with van der Waals surface area (Å²) < 4.78 is 3.88. The molecule has 2 aliphatic rings. The van der Waals surface area contributed by atoms with Crippen LogP contribution < -0.4 is 10.5 Å². The van der Waals surface area contributed by atoms with Crippen LogP contribution in [0.25, 0.3) is 22.4 Å². The number of pyridine rings is 2. The van der Waals surface area contributed by atoms with Crippen LogP contribution in [-0.4, -0.2) is 54.0 Å². The molecule has 6 rings (SSSR count). The minimum absolute atomic E-state index is 0.0705. The fourth-order valence-corrected chi connectivity index (χ4v) is 5.05. The summed E-state index contributed by atoms with van der Waals surface area (Å²) in [6.45, 7) is 2.32. The third-order valence-corrected chi connectivity index (χ3v) is 6.34. The maximum absolute atomic E-state index is 13.3. The van der Waals surface area contributed by atoms with E-state index in [1.807, 2.05) is 40.8 Å². The Morgan fingerprint density at radius 1 is 1.16 bits per heavy atom. The lowest BCUT2D eigenvalue weighted by molar-refractivity contribution is -0.122. The third kappa shape index (κ3) is 3.24. The number of H-pyrrole nitrogens is 1. The van der Waals surface area contributed by atoms with Crippen LogP contribution in [0.4, 0.5) is 5.69 Å². The molecule has 0 aromatic carbocycles. The van der Waals surface area contributed by atoms with Crippen molar-refractivity contribution in [3.63, 3.8) is 0 Å². The highest BCUT2D eigenvalue weighted by Crippen LogP contribution is 2.38. The second kappa shape index (κ2) is 7.95. The summed E-state index contributed by atoms with van der Waals surface area (Å²) in [6, 6.07) is 6.13. The van der Waals surface area contributed by atoms with Gasteiger partial charge in [-0.1, -0.05) is 0 Å². The molecule has 10 heteroatoms. The standard InChI is InChI=1S/C21H21N7O.CH2O2/c1-26-7-6-23-20(26)15-2-3-17-14-8-13(11-28(17)21(15)29)10-27(12-14)18-4-5-22-19-16(18)9-24-25-19;2-1-3/h2-7,9,13-14H,8,10-12H2,1H3,(H,22,24,25);1H,(H,2,3)/t13-,14+;/m0./s1. The highest BCUT2D eigenvalue weighted by atomic mass is 16.3. The van der Waals surface area contributed by atoms with E-state index in [0.717, 1.165) is 48.6 Å². The van der Waals surface area contributed by atoms with Gasteiger partial charge in [0, 0.05) is 56.9 Å². The van der Waals surface area contributed by atoms with Crippen molar-refractivity contribution in [1.29, 1.82) is 0 Å². The minimum atomic E-state index is -0.250. The highest BCUT2D eigenvalue weighted by molar-refractivity contribution is 5.88. The van der Waals surface area contributed by atoms with E-state index in [1.165, 1.54) is 5.69 Å². The van der Waals surface area contributed by atoms with E-state index in [9.17, 15) is 4.79 Å². The summed E-state index contributed by atoms with van der Waals surface area (Å²) in [4.78, 5) is 32.8. The second-order valence-corrected chi connectivity index (χ2v) is 8.22. The molecule has 164 valence electrons. The summed E-state index contributed by atoms with van der Waals surface area (Å²) in [5, 5.41) is 15.0. The van der Waals surface area contributed by atoms with E-state index in [1.54, 1.807) is 6.20 Å². The summed E-state index contributed by atoms with van der Waals surface area (Å²) >= 11 is 0. The highest BCUT2D eigenvalue weighted by Gasteiger charge is 2.35. The van der Waals surface area contributed by atoms with Crippen molar-refractivity contribution < 1.29 is 9.90 Å². The summed E-state index contributed by atoms with van der Waals surface area (Å²) in [6.07, 6.45) is 8.41. The smallest absolute Gasteiger partial charge is 0.290 e. The van der Waals surface area contributed by atoms with Gasteiger partial charge in [-0.2, -0.15) is 5.10 Å². The molecule has 2 bridgehead atoms. The Morgan fingerprint density at radius 3 is 2.78 bits per heavy atom. The largest absolute Gasteiger partial charge is 0.483 e. The molecule has 10 nitrogen and oxygen atoms in total. The predicted octanol–water partition coefficient (Wildman–Crippen LogP) is 1.84. The van der Waals surface area contributed by atoms with Gasteiger partial charge in [-0.25, -0.2) is 9.97 Å². The Labute approximate surface area is 183 Å². The quantitative estimate of drug-likeness (QED) is 0.463. The zero-order valence-electron chi connectivity index (χ0n) is 17.5. The SMILES string of the molecule is Cn1ccnc1-c1ccc2n(c1=O)C[C@H]1C[C@@H]2CN(c2ccnc3[nH]ncc23)C1.O=CO. The summed E-state index contributed by atoms with van der Waals surface area (Å²) in [5.41, 5.74) is 3.85. The number of anilines is 1. The maximum Gasteiger partial charge on any atom is 0.290 e. The summed E-state index contributed by atoms with van der Waals surface area (Å²) in [7, 11) is 1.92. The van der Waals surface area contributed by atoms with Gasteiger partial charge in [0.2, 0.25) is 0 Å². The van der Waals surface area contributed by atoms with Crippen molar-refractivity contribution in [2.75, 3.05) is 18.0 Å². The second-order valence-electron chi connectivity index (χ2n) is 8.22. The summed E-state index contributed by atoms with van der Waals surface area (Å²) in [5.74, 6) is 1.49. The molecular formula is C22H23N7O3. The number of rotatable bonds is 2. The first-order valence-corrected chi connectivity index (χ1v) is 10.4. The van der Waals surface area contributed by atoms with E-state index in [0.29, 0.717) is 17.4 Å². The molecule has 1 fully saturated rings. The van der Waals surface area contributed by atoms with Gasteiger partial charge < -0.3 is 19.1 Å². The molecule has 2 N–H and O–H groups in total. The third-order valence-electron chi connectivity index (χ3n) is 6.34. The Hall–Kier alpha value is -3.95. The van der Waals surface area contributed by atoms with Crippen molar-refractivity contribution in [2.24, 2.45) is 13.0 Å². The van der Waals surface area contributed by atoms with Gasteiger partial charge in [-0.3, -0.25) is 14.7 Å². The van der Waals surface area contributed by atoms with Crippen LogP contribution in [0.5, 0.6) is 0 Å². The van der Waals surface area contributed by atoms with Crippen LogP contribution in [0.1, 0.15) is 18.0 Å². The van der Waals surface area contributed by atoms with Crippen molar-refractivity contribution >= 4 is 23.2 Å². The molecular weight excluding hydrogens is 410 g/mol. The van der Waals surface area contributed by atoms with Gasteiger partial charge in [0.15, 0.2) is 5.65 Å². The van der Waals surface area contributed by atoms with E-state index >= 15 is 0 Å². The number of piperidine rings is 1. The van der Waals surface area contributed by atoms with Gasteiger partial charge >= 0.3 is 0 Å². The zero-order valence-corrected chi connectivity index (χ0v) is 17.5. The molecule has 0 unspecified atom stereocenters. The molecule has 0 spiro atoms. The number of aromatic nitrogens is 6. The van der Waals surface area contributed by atoms with Crippen molar-refractivity contribution in [3.8, 4) is 11.4 Å². The number of hydrogen-bond donors (Lipinski definition) is 2. The fraction of sp³-hybridized carbons (Fsp3) is 0.318. The Bertz CT molecular complexity index is 1340. The number of nitrogens with zero attached hydrogens (tertiary/aromatic N) is 6. The first-order chi connectivity index (χ1) is 15.6. The predicted molar refractivity (Wildman–Crippen MR) is 119 cm³/mol. The zero-order chi connectivity index (χ0) is 22.2. The number of aromatic amines is 1. The van der Waals surface area contributed by atoms with Crippen molar-refractivity contribution in [2.45, 2.75) is 18.9 Å². The number of carboxylic acid groups (broad SMARTS) is 1. The number of fused-ring (bicyclic) bond motifs is 5. The Balaban J connectivity index is 0.000000684. The van der Waals surface area contributed by atoms with Crippen molar-refractivity contribution in [3.05, 3.63) is 59.0 Å². The molecule has 2 atom stereocenters. The van der Waals surface area contributed by atoms with E-state index < -0.39 is 0 Å². The van der Waals surface area contributed by atoms with Crippen LogP contribution in [-0.2, 0) is 18.4 Å².